The van der Waals surface area contributed by atoms with Crippen molar-refractivity contribution in [1.82, 2.24) is 14.9 Å². The molecule has 0 aliphatic carbocycles. The lowest BCUT2D eigenvalue weighted by Gasteiger charge is -2.28. The largest absolute Gasteiger partial charge is 0.345 e. The zero-order valence-corrected chi connectivity index (χ0v) is 9.94. The molecule has 4 heteroatoms. The third-order valence-electron chi connectivity index (χ3n) is 2.84. The Balaban J connectivity index is 2.44. The van der Waals surface area contributed by atoms with E-state index in [9.17, 15) is 0 Å². The van der Waals surface area contributed by atoms with Gasteiger partial charge in [0, 0.05) is 12.1 Å². The first kappa shape index (κ1) is 11.1. The number of nitrogens with one attached hydrogen (secondary N) is 1. The van der Waals surface area contributed by atoms with E-state index in [4.69, 9.17) is 5.73 Å². The molecule has 0 amide bonds. The molecule has 16 heavy (non-hydrogen) atoms. The van der Waals surface area contributed by atoms with Crippen LogP contribution >= 0.6 is 0 Å². The molecular formula is C12H18N4. The van der Waals surface area contributed by atoms with Gasteiger partial charge in [0.2, 0.25) is 0 Å². The molecule has 1 aromatic heterocycles. The number of aromatic nitrogens is 2. The quantitative estimate of drug-likeness (QED) is 0.821. The number of hydrogen-bond donors (Lipinski definition) is 2. The topological polar surface area (TPSA) is 57.9 Å². The number of hydrogen-bond acceptors (Lipinski definition) is 3. The first-order valence-corrected chi connectivity index (χ1v) is 5.44. The second-order valence-electron chi connectivity index (χ2n) is 4.45. The standard InChI is InChI=1S/C12H18N4/c1-8(13)12(16(2)3)9-4-5-10-11(6-9)15-7-14-10/h4-8,12H,13H2,1-3H3,(H,14,15). The van der Waals surface area contributed by atoms with Gasteiger partial charge in [0.05, 0.1) is 17.4 Å². The van der Waals surface area contributed by atoms with Crippen molar-refractivity contribution in [2.45, 2.75) is 19.0 Å². The fourth-order valence-corrected chi connectivity index (χ4v) is 2.21. The lowest BCUT2D eigenvalue weighted by atomic mass is 9.99. The Morgan fingerprint density at radius 1 is 1.38 bits per heavy atom. The third kappa shape index (κ3) is 1.94. The summed E-state index contributed by atoms with van der Waals surface area (Å²) >= 11 is 0. The van der Waals surface area contributed by atoms with E-state index in [1.54, 1.807) is 6.33 Å². The number of imidazole rings is 1. The molecule has 0 aliphatic heterocycles. The van der Waals surface area contributed by atoms with E-state index in [0.717, 1.165) is 11.0 Å². The first-order valence-electron chi connectivity index (χ1n) is 5.44. The Labute approximate surface area is 95.5 Å². The monoisotopic (exact) mass is 218 g/mol. The highest BCUT2D eigenvalue weighted by atomic mass is 15.1. The summed E-state index contributed by atoms with van der Waals surface area (Å²) in [6.07, 6.45) is 1.71. The van der Waals surface area contributed by atoms with Gasteiger partial charge in [0.25, 0.3) is 0 Å². The highest BCUT2D eigenvalue weighted by molar-refractivity contribution is 5.75. The lowest BCUT2D eigenvalue weighted by Crippen LogP contribution is -2.35. The summed E-state index contributed by atoms with van der Waals surface area (Å²) < 4.78 is 0. The normalized spacial score (nSPS) is 15.6. The fraction of sp³-hybridized carbons (Fsp3) is 0.417. The van der Waals surface area contributed by atoms with Gasteiger partial charge in [0.1, 0.15) is 0 Å². The van der Waals surface area contributed by atoms with Gasteiger partial charge in [-0.05, 0) is 38.7 Å². The van der Waals surface area contributed by atoms with Crippen LogP contribution in [0.4, 0.5) is 0 Å². The van der Waals surface area contributed by atoms with Crippen LogP contribution in [-0.2, 0) is 0 Å². The van der Waals surface area contributed by atoms with Crippen LogP contribution in [0.25, 0.3) is 11.0 Å². The minimum atomic E-state index is 0.0929. The van der Waals surface area contributed by atoms with Crippen LogP contribution in [0.2, 0.25) is 0 Å². The van der Waals surface area contributed by atoms with Crippen LogP contribution in [0.3, 0.4) is 0 Å². The molecule has 0 bridgehead atoms. The average molecular weight is 218 g/mol. The molecule has 2 aromatic rings. The minimum absolute atomic E-state index is 0.0929. The number of H-pyrrole nitrogens is 1. The third-order valence-corrected chi connectivity index (χ3v) is 2.84. The van der Waals surface area contributed by atoms with Crippen molar-refractivity contribution in [1.29, 1.82) is 0 Å². The van der Waals surface area contributed by atoms with Crippen LogP contribution in [0.1, 0.15) is 18.5 Å². The number of nitrogens with zero attached hydrogens (tertiary/aromatic N) is 2. The molecule has 3 N–H and O–H groups in total. The molecule has 1 aromatic carbocycles. The summed E-state index contributed by atoms with van der Waals surface area (Å²) in [7, 11) is 4.09. The number of likely N-dealkylation sites (N-methyl/N-ethyl adjacent to an activating group) is 1. The summed E-state index contributed by atoms with van der Waals surface area (Å²) in [5.41, 5.74) is 9.29. The number of nitrogens with two attached hydrogens (primary N) is 1. The summed E-state index contributed by atoms with van der Waals surface area (Å²) in [5.74, 6) is 0. The second-order valence-corrected chi connectivity index (χ2v) is 4.45. The Hall–Kier alpha value is -1.39. The van der Waals surface area contributed by atoms with Crippen molar-refractivity contribution >= 4 is 11.0 Å². The van der Waals surface area contributed by atoms with Gasteiger partial charge in [-0.3, -0.25) is 0 Å². The van der Waals surface area contributed by atoms with E-state index >= 15 is 0 Å². The fourth-order valence-electron chi connectivity index (χ4n) is 2.21. The highest BCUT2D eigenvalue weighted by Gasteiger charge is 2.18. The van der Waals surface area contributed by atoms with Crippen LogP contribution in [-0.4, -0.2) is 35.0 Å². The average Bonchev–Trinajstić information content (AvgIpc) is 2.63. The van der Waals surface area contributed by atoms with Crippen molar-refractivity contribution in [3.05, 3.63) is 30.1 Å². The number of aromatic amines is 1. The van der Waals surface area contributed by atoms with Crippen molar-refractivity contribution in [2.75, 3.05) is 14.1 Å². The second kappa shape index (κ2) is 4.23. The number of rotatable bonds is 3. The molecule has 4 nitrogen and oxygen atoms in total. The van der Waals surface area contributed by atoms with Gasteiger partial charge in [-0.25, -0.2) is 4.98 Å². The van der Waals surface area contributed by atoms with E-state index in [-0.39, 0.29) is 12.1 Å². The van der Waals surface area contributed by atoms with E-state index in [1.807, 2.05) is 27.1 Å². The van der Waals surface area contributed by atoms with Crippen LogP contribution in [0.5, 0.6) is 0 Å². The van der Waals surface area contributed by atoms with Crippen molar-refractivity contribution < 1.29 is 0 Å². The van der Waals surface area contributed by atoms with E-state index in [2.05, 4.69) is 27.0 Å². The van der Waals surface area contributed by atoms with Gasteiger partial charge in [-0.2, -0.15) is 0 Å². The van der Waals surface area contributed by atoms with E-state index in [1.165, 1.54) is 5.56 Å². The summed E-state index contributed by atoms with van der Waals surface area (Å²) in [6, 6.07) is 6.57. The van der Waals surface area contributed by atoms with E-state index < -0.39 is 0 Å². The molecule has 2 unspecified atom stereocenters. The zero-order valence-electron chi connectivity index (χ0n) is 9.94. The molecule has 0 saturated heterocycles. The van der Waals surface area contributed by atoms with Crippen LogP contribution < -0.4 is 5.73 Å². The molecule has 1 heterocycles. The molecule has 2 atom stereocenters. The summed E-state index contributed by atoms with van der Waals surface area (Å²) in [6.45, 7) is 2.03. The summed E-state index contributed by atoms with van der Waals surface area (Å²) in [5, 5.41) is 0. The number of fused-ring (bicyclic) bond motifs is 1. The SMILES string of the molecule is CC(N)C(c1ccc2nc[nH]c2c1)N(C)C. The van der Waals surface area contributed by atoms with Crippen LogP contribution in [0, 0.1) is 0 Å². The Morgan fingerprint density at radius 3 is 2.75 bits per heavy atom. The van der Waals surface area contributed by atoms with Gasteiger partial charge in [-0.15, -0.1) is 0 Å². The molecule has 86 valence electrons. The zero-order chi connectivity index (χ0) is 11.7. The van der Waals surface area contributed by atoms with Gasteiger partial charge in [0.15, 0.2) is 0 Å². The Morgan fingerprint density at radius 2 is 2.12 bits per heavy atom. The maximum Gasteiger partial charge on any atom is 0.0931 e. The molecule has 0 fully saturated rings. The predicted octanol–water partition coefficient (Wildman–Crippen LogP) is 1.51. The van der Waals surface area contributed by atoms with Gasteiger partial charge in [-0.1, -0.05) is 6.07 Å². The predicted molar refractivity (Wildman–Crippen MR) is 66.2 cm³/mol. The highest BCUT2D eigenvalue weighted by Crippen LogP contribution is 2.23. The van der Waals surface area contributed by atoms with E-state index in [0.29, 0.717) is 0 Å². The molecule has 0 radical (unpaired) electrons. The van der Waals surface area contributed by atoms with Gasteiger partial charge >= 0.3 is 0 Å². The maximum atomic E-state index is 6.02. The molecule has 0 aliphatic rings. The van der Waals surface area contributed by atoms with Crippen molar-refractivity contribution in [3.8, 4) is 0 Å². The number of benzene rings is 1. The molecular weight excluding hydrogens is 200 g/mol. The summed E-state index contributed by atoms with van der Waals surface area (Å²) in [4.78, 5) is 9.47. The van der Waals surface area contributed by atoms with Gasteiger partial charge < -0.3 is 15.6 Å². The van der Waals surface area contributed by atoms with Crippen LogP contribution in [0.15, 0.2) is 24.5 Å². The minimum Gasteiger partial charge on any atom is -0.345 e. The smallest absolute Gasteiger partial charge is 0.0931 e. The molecule has 0 spiro atoms. The van der Waals surface area contributed by atoms with Crippen molar-refractivity contribution in [3.63, 3.8) is 0 Å². The van der Waals surface area contributed by atoms with Crippen molar-refractivity contribution in [2.24, 2.45) is 5.73 Å². The lowest BCUT2D eigenvalue weighted by molar-refractivity contribution is 0.266. The Bertz CT molecular complexity index is 465. The maximum absolute atomic E-state index is 6.02. The molecule has 0 saturated carbocycles. The molecule has 2 rings (SSSR count). The Kier molecular flexibility index (Phi) is 2.94. The first-order chi connectivity index (χ1) is 7.59.